The van der Waals surface area contributed by atoms with Crippen LogP contribution in [-0.4, -0.2) is 26.5 Å². The minimum Gasteiger partial charge on any atom is -0.492 e. The molecule has 4 rings (SSSR count). The second kappa shape index (κ2) is 4.62. The van der Waals surface area contributed by atoms with Crippen LogP contribution >= 0.6 is 0 Å². The van der Waals surface area contributed by atoms with Crippen molar-refractivity contribution in [3.05, 3.63) is 53.9 Å². The lowest BCUT2D eigenvalue weighted by molar-refractivity contribution is 0.330. The number of benzene rings is 1. The Bertz CT molecular complexity index is 779. The highest BCUT2D eigenvalue weighted by atomic mass is 16.5. The predicted octanol–water partition coefficient (Wildman–Crippen LogP) is 1.42. The largest absolute Gasteiger partial charge is 0.492 e. The van der Waals surface area contributed by atoms with Crippen molar-refractivity contribution in [3.63, 3.8) is 0 Å². The summed E-state index contributed by atoms with van der Waals surface area (Å²) >= 11 is 0. The number of ether oxygens (including phenoxy) is 1. The van der Waals surface area contributed by atoms with Gasteiger partial charge in [0, 0.05) is 11.8 Å². The smallest absolute Gasteiger partial charge is 0.248 e. The number of nitrogens with zero attached hydrogens (tertiary/aromatic N) is 4. The lowest BCUT2D eigenvalue weighted by Crippen LogP contribution is -2.05. The summed E-state index contributed by atoms with van der Waals surface area (Å²) in [5.74, 6) is 2.03. The number of hydrogen-bond acceptors (Lipinski definition) is 6. The molecule has 0 saturated carbocycles. The molecule has 1 aliphatic heterocycles. The second-order valence-electron chi connectivity index (χ2n) is 4.92. The highest BCUT2D eigenvalue weighted by molar-refractivity contribution is 5.42. The van der Waals surface area contributed by atoms with Crippen LogP contribution in [0.1, 0.15) is 23.2 Å². The van der Waals surface area contributed by atoms with E-state index in [-0.39, 0.29) is 5.92 Å². The van der Waals surface area contributed by atoms with Crippen molar-refractivity contribution in [1.82, 2.24) is 19.9 Å². The molecule has 0 amide bonds. The van der Waals surface area contributed by atoms with Gasteiger partial charge < -0.3 is 15.0 Å². The molecule has 1 aromatic carbocycles. The van der Waals surface area contributed by atoms with Gasteiger partial charge in [0.05, 0.1) is 17.8 Å². The van der Waals surface area contributed by atoms with Gasteiger partial charge in [-0.05, 0) is 6.07 Å². The van der Waals surface area contributed by atoms with Crippen LogP contribution in [0.25, 0.3) is 0 Å². The third kappa shape index (κ3) is 2.12. The molecular formula is C14H13N5O2. The summed E-state index contributed by atoms with van der Waals surface area (Å²) in [6, 6.07) is 7.90. The number of para-hydroxylation sites is 1. The molecule has 3 heterocycles. The number of anilines is 1. The zero-order valence-corrected chi connectivity index (χ0v) is 11.1. The fourth-order valence-corrected chi connectivity index (χ4v) is 2.45. The summed E-state index contributed by atoms with van der Waals surface area (Å²) in [5.41, 5.74) is 7.32. The van der Waals surface area contributed by atoms with E-state index in [1.807, 2.05) is 24.3 Å². The molecular weight excluding hydrogens is 270 g/mol. The van der Waals surface area contributed by atoms with Gasteiger partial charge in [-0.1, -0.05) is 23.4 Å². The molecule has 0 aliphatic carbocycles. The number of fused-ring (bicyclic) bond motifs is 1. The molecule has 1 unspecified atom stereocenters. The highest BCUT2D eigenvalue weighted by Gasteiger charge is 2.29. The molecule has 0 fully saturated rings. The summed E-state index contributed by atoms with van der Waals surface area (Å²) in [6.07, 6.45) is 3.30. The van der Waals surface area contributed by atoms with Crippen LogP contribution in [0.3, 0.4) is 0 Å². The van der Waals surface area contributed by atoms with Crippen LogP contribution in [0.15, 0.2) is 41.2 Å². The molecule has 3 aromatic rings. The molecule has 2 N–H and O–H groups in total. The fourth-order valence-electron chi connectivity index (χ4n) is 2.45. The summed E-state index contributed by atoms with van der Waals surface area (Å²) in [4.78, 5) is 4.44. The van der Waals surface area contributed by atoms with Crippen LogP contribution in [0, 0.1) is 0 Å². The van der Waals surface area contributed by atoms with E-state index in [2.05, 4.69) is 15.2 Å². The second-order valence-corrected chi connectivity index (χ2v) is 4.92. The van der Waals surface area contributed by atoms with Gasteiger partial charge in [0.1, 0.15) is 18.9 Å². The van der Waals surface area contributed by atoms with E-state index in [0.29, 0.717) is 30.6 Å². The lowest BCUT2D eigenvalue weighted by atomic mass is 10.0. The van der Waals surface area contributed by atoms with E-state index in [1.54, 1.807) is 17.1 Å². The Hall–Kier alpha value is -2.83. The average molecular weight is 283 g/mol. The number of hydrogen-bond donors (Lipinski definition) is 1. The molecule has 7 nitrogen and oxygen atoms in total. The molecule has 7 heteroatoms. The van der Waals surface area contributed by atoms with Crippen molar-refractivity contribution < 1.29 is 9.26 Å². The van der Waals surface area contributed by atoms with Gasteiger partial charge in [0.2, 0.25) is 5.89 Å². The van der Waals surface area contributed by atoms with Gasteiger partial charge in [0.15, 0.2) is 5.82 Å². The minimum atomic E-state index is 0.0152. The van der Waals surface area contributed by atoms with Gasteiger partial charge in [-0.25, -0.2) is 0 Å². The Kier molecular flexibility index (Phi) is 2.63. The highest BCUT2D eigenvalue weighted by Crippen LogP contribution is 2.36. The van der Waals surface area contributed by atoms with E-state index in [4.69, 9.17) is 15.0 Å². The van der Waals surface area contributed by atoms with Crippen molar-refractivity contribution in [1.29, 1.82) is 0 Å². The van der Waals surface area contributed by atoms with E-state index >= 15 is 0 Å². The van der Waals surface area contributed by atoms with Crippen molar-refractivity contribution >= 4 is 5.69 Å². The molecule has 106 valence electrons. The molecule has 0 radical (unpaired) electrons. The van der Waals surface area contributed by atoms with Crippen LogP contribution in [0.5, 0.6) is 5.75 Å². The molecule has 0 saturated heterocycles. The summed E-state index contributed by atoms with van der Waals surface area (Å²) in [5, 5.41) is 8.15. The molecule has 21 heavy (non-hydrogen) atoms. The van der Waals surface area contributed by atoms with Crippen molar-refractivity contribution in [2.24, 2.45) is 0 Å². The molecule has 1 atom stereocenters. The van der Waals surface area contributed by atoms with E-state index < -0.39 is 0 Å². The van der Waals surface area contributed by atoms with E-state index in [9.17, 15) is 0 Å². The quantitative estimate of drug-likeness (QED) is 0.781. The standard InChI is InChI=1S/C14H13N5O2/c15-9-5-16-19(6-9)7-13-17-14(18-21-13)11-8-20-12-4-2-1-3-10(11)12/h1-6,11H,7-8,15H2. The van der Waals surface area contributed by atoms with Crippen LogP contribution in [0.4, 0.5) is 5.69 Å². The maximum atomic E-state index is 5.64. The Morgan fingerprint density at radius 3 is 3.10 bits per heavy atom. The summed E-state index contributed by atoms with van der Waals surface area (Å²) < 4.78 is 12.6. The van der Waals surface area contributed by atoms with Gasteiger partial charge >= 0.3 is 0 Å². The first-order valence-electron chi connectivity index (χ1n) is 6.62. The normalized spacial score (nSPS) is 16.7. The van der Waals surface area contributed by atoms with Gasteiger partial charge in [-0.15, -0.1) is 0 Å². The predicted molar refractivity (Wildman–Crippen MR) is 73.8 cm³/mol. The van der Waals surface area contributed by atoms with Gasteiger partial charge in [-0.2, -0.15) is 10.1 Å². The average Bonchev–Trinajstić information content (AvgIpc) is 3.19. The third-order valence-electron chi connectivity index (χ3n) is 3.45. The molecule has 0 bridgehead atoms. The Balaban J connectivity index is 1.58. The third-order valence-corrected chi connectivity index (χ3v) is 3.45. The Morgan fingerprint density at radius 2 is 2.24 bits per heavy atom. The molecule has 0 spiro atoms. The first-order chi connectivity index (χ1) is 10.3. The maximum absolute atomic E-state index is 5.64. The minimum absolute atomic E-state index is 0.0152. The number of nitrogens with two attached hydrogens (primary N) is 1. The Morgan fingerprint density at radius 1 is 1.33 bits per heavy atom. The van der Waals surface area contributed by atoms with Crippen LogP contribution < -0.4 is 10.5 Å². The molecule has 1 aliphatic rings. The topological polar surface area (TPSA) is 92.0 Å². The first-order valence-corrected chi connectivity index (χ1v) is 6.62. The fraction of sp³-hybridized carbons (Fsp3) is 0.214. The van der Waals surface area contributed by atoms with Gasteiger partial charge in [0.25, 0.3) is 0 Å². The zero-order chi connectivity index (χ0) is 14.2. The van der Waals surface area contributed by atoms with E-state index in [1.165, 1.54) is 0 Å². The van der Waals surface area contributed by atoms with Crippen LogP contribution in [-0.2, 0) is 6.54 Å². The Labute approximate surface area is 120 Å². The van der Waals surface area contributed by atoms with Crippen molar-refractivity contribution in [2.45, 2.75) is 12.5 Å². The zero-order valence-electron chi connectivity index (χ0n) is 11.1. The van der Waals surface area contributed by atoms with Crippen molar-refractivity contribution in [2.75, 3.05) is 12.3 Å². The van der Waals surface area contributed by atoms with Crippen molar-refractivity contribution in [3.8, 4) is 5.75 Å². The van der Waals surface area contributed by atoms with E-state index in [0.717, 1.165) is 11.3 Å². The van der Waals surface area contributed by atoms with Crippen LogP contribution in [0.2, 0.25) is 0 Å². The monoisotopic (exact) mass is 283 g/mol. The SMILES string of the molecule is Nc1cnn(Cc2nc(C3COc4ccccc43)no2)c1. The number of aromatic nitrogens is 4. The molecule has 2 aromatic heterocycles. The lowest BCUT2D eigenvalue weighted by Gasteiger charge is -2.01. The number of rotatable bonds is 3. The maximum Gasteiger partial charge on any atom is 0.248 e. The number of nitrogen functional groups attached to an aromatic ring is 1. The summed E-state index contributed by atoms with van der Waals surface area (Å²) in [6.45, 7) is 0.937. The summed E-state index contributed by atoms with van der Waals surface area (Å²) in [7, 11) is 0. The first kappa shape index (κ1) is 12.0. The van der Waals surface area contributed by atoms with Gasteiger partial charge in [-0.3, -0.25) is 4.68 Å².